The maximum absolute atomic E-state index is 11.6. The molecule has 0 aliphatic heterocycles. The molecule has 0 saturated carbocycles. The molecular formula is C17H22N4O. The van der Waals surface area contributed by atoms with E-state index >= 15 is 0 Å². The maximum Gasteiger partial charge on any atom is 0.225 e. The third kappa shape index (κ3) is 4.55. The lowest BCUT2D eigenvalue weighted by Crippen LogP contribution is -2.12. The largest absolute Gasteiger partial charge is 0.339 e. The van der Waals surface area contributed by atoms with Gasteiger partial charge in [0.2, 0.25) is 5.91 Å². The Labute approximate surface area is 131 Å². The Morgan fingerprint density at radius 3 is 2.50 bits per heavy atom. The fraction of sp³-hybridized carbons (Fsp3) is 0.353. The number of hydrogen-bond acceptors (Lipinski definition) is 4. The standard InChI is InChI=1S/C17H22N4O/c1-4-5-6-17(22)19-16-10-9-15(20-21-16)18-14-11-12(2)7-8-13(14)3/h7-11H,4-6H2,1-3H3,(H,18,20)(H,19,21,22). The lowest BCUT2D eigenvalue weighted by atomic mass is 10.1. The molecule has 5 heteroatoms. The van der Waals surface area contributed by atoms with Crippen LogP contribution in [0.3, 0.4) is 0 Å². The molecule has 2 N–H and O–H groups in total. The van der Waals surface area contributed by atoms with Crippen molar-refractivity contribution in [1.82, 2.24) is 10.2 Å². The number of carbonyl (C=O) groups excluding carboxylic acids is 1. The summed E-state index contributed by atoms with van der Waals surface area (Å²) in [5, 5.41) is 14.1. The topological polar surface area (TPSA) is 66.9 Å². The number of anilines is 3. The van der Waals surface area contributed by atoms with Gasteiger partial charge < -0.3 is 10.6 Å². The molecule has 1 aromatic heterocycles. The van der Waals surface area contributed by atoms with Gasteiger partial charge in [-0.3, -0.25) is 4.79 Å². The van der Waals surface area contributed by atoms with Crippen molar-refractivity contribution in [2.75, 3.05) is 10.6 Å². The van der Waals surface area contributed by atoms with Gasteiger partial charge >= 0.3 is 0 Å². The minimum atomic E-state index is -0.0219. The minimum absolute atomic E-state index is 0.0219. The number of aryl methyl sites for hydroxylation is 2. The average Bonchev–Trinajstić information content (AvgIpc) is 2.51. The summed E-state index contributed by atoms with van der Waals surface area (Å²) >= 11 is 0. The fourth-order valence-corrected chi connectivity index (χ4v) is 2.02. The first kappa shape index (κ1) is 15.9. The highest BCUT2D eigenvalue weighted by atomic mass is 16.1. The Bertz CT molecular complexity index is 638. The van der Waals surface area contributed by atoms with Gasteiger partial charge in [0.25, 0.3) is 0 Å². The van der Waals surface area contributed by atoms with Crippen LogP contribution in [0, 0.1) is 13.8 Å². The van der Waals surface area contributed by atoms with E-state index in [0.717, 1.165) is 24.1 Å². The SMILES string of the molecule is CCCCC(=O)Nc1ccc(Nc2cc(C)ccc2C)nn1. The monoisotopic (exact) mass is 298 g/mol. The van der Waals surface area contributed by atoms with Crippen LogP contribution in [0.5, 0.6) is 0 Å². The van der Waals surface area contributed by atoms with Crippen LogP contribution >= 0.6 is 0 Å². The van der Waals surface area contributed by atoms with Gasteiger partial charge in [0.05, 0.1) is 0 Å². The second-order valence-electron chi connectivity index (χ2n) is 5.40. The quantitative estimate of drug-likeness (QED) is 0.847. The van der Waals surface area contributed by atoms with Crippen molar-refractivity contribution in [2.24, 2.45) is 0 Å². The van der Waals surface area contributed by atoms with E-state index in [-0.39, 0.29) is 5.91 Å². The zero-order valence-corrected chi connectivity index (χ0v) is 13.3. The van der Waals surface area contributed by atoms with Gasteiger partial charge in [-0.2, -0.15) is 0 Å². The van der Waals surface area contributed by atoms with E-state index in [1.165, 1.54) is 5.56 Å². The number of carbonyl (C=O) groups is 1. The second-order valence-corrected chi connectivity index (χ2v) is 5.40. The molecule has 1 amide bonds. The van der Waals surface area contributed by atoms with Crippen LogP contribution in [0.4, 0.5) is 17.3 Å². The zero-order valence-electron chi connectivity index (χ0n) is 13.3. The molecule has 2 aromatic rings. The maximum atomic E-state index is 11.6. The first-order valence-corrected chi connectivity index (χ1v) is 7.56. The van der Waals surface area contributed by atoms with Gasteiger partial charge in [-0.25, -0.2) is 0 Å². The van der Waals surface area contributed by atoms with Gasteiger partial charge in [-0.15, -0.1) is 10.2 Å². The van der Waals surface area contributed by atoms with Crippen LogP contribution in [0.1, 0.15) is 37.3 Å². The summed E-state index contributed by atoms with van der Waals surface area (Å²) in [6.45, 7) is 6.14. The number of nitrogens with zero attached hydrogens (tertiary/aromatic N) is 2. The third-order valence-electron chi connectivity index (χ3n) is 3.35. The molecule has 0 radical (unpaired) electrons. The molecule has 5 nitrogen and oxygen atoms in total. The second kappa shape index (κ2) is 7.54. The molecule has 116 valence electrons. The summed E-state index contributed by atoms with van der Waals surface area (Å²) < 4.78 is 0. The highest BCUT2D eigenvalue weighted by Crippen LogP contribution is 2.20. The summed E-state index contributed by atoms with van der Waals surface area (Å²) in [6.07, 6.45) is 2.39. The number of hydrogen-bond donors (Lipinski definition) is 2. The molecule has 0 spiro atoms. The minimum Gasteiger partial charge on any atom is -0.339 e. The first-order chi connectivity index (χ1) is 10.6. The van der Waals surface area contributed by atoms with Gasteiger partial charge in [0.15, 0.2) is 11.6 Å². The van der Waals surface area contributed by atoms with E-state index < -0.39 is 0 Å². The molecule has 1 heterocycles. The highest BCUT2D eigenvalue weighted by Gasteiger charge is 2.05. The normalized spacial score (nSPS) is 10.3. The number of amides is 1. The van der Waals surface area contributed by atoms with Crippen LogP contribution in [0.15, 0.2) is 30.3 Å². The molecule has 0 aliphatic rings. The van der Waals surface area contributed by atoms with Gasteiger partial charge in [-0.05, 0) is 49.6 Å². The van der Waals surface area contributed by atoms with Crippen molar-refractivity contribution >= 4 is 23.2 Å². The summed E-state index contributed by atoms with van der Waals surface area (Å²) in [4.78, 5) is 11.6. The molecule has 2 rings (SSSR count). The van der Waals surface area contributed by atoms with Gasteiger partial charge in [0, 0.05) is 12.1 Å². The van der Waals surface area contributed by atoms with E-state index in [1.807, 2.05) is 19.9 Å². The Balaban J connectivity index is 2.00. The Morgan fingerprint density at radius 1 is 1.09 bits per heavy atom. The molecule has 1 aromatic carbocycles. The van der Waals surface area contributed by atoms with Gasteiger partial charge in [-0.1, -0.05) is 25.5 Å². The molecule has 0 unspecified atom stereocenters. The molecule has 22 heavy (non-hydrogen) atoms. The van der Waals surface area contributed by atoms with E-state index in [2.05, 4.69) is 46.0 Å². The first-order valence-electron chi connectivity index (χ1n) is 7.56. The van der Waals surface area contributed by atoms with Crippen molar-refractivity contribution in [2.45, 2.75) is 40.0 Å². The van der Waals surface area contributed by atoms with Crippen molar-refractivity contribution in [3.05, 3.63) is 41.5 Å². The number of rotatable bonds is 6. The van der Waals surface area contributed by atoms with Crippen molar-refractivity contribution < 1.29 is 4.79 Å². The molecule has 0 aliphatic carbocycles. The van der Waals surface area contributed by atoms with E-state index in [4.69, 9.17) is 0 Å². The number of aromatic nitrogens is 2. The van der Waals surface area contributed by atoms with Gasteiger partial charge in [0.1, 0.15) is 0 Å². The smallest absolute Gasteiger partial charge is 0.225 e. The van der Waals surface area contributed by atoms with Crippen LogP contribution in [0.2, 0.25) is 0 Å². The molecule has 0 atom stereocenters. The number of nitrogens with one attached hydrogen (secondary N) is 2. The van der Waals surface area contributed by atoms with Crippen LogP contribution < -0.4 is 10.6 Å². The van der Waals surface area contributed by atoms with E-state index in [9.17, 15) is 4.79 Å². The van der Waals surface area contributed by atoms with Crippen LogP contribution in [0.25, 0.3) is 0 Å². The third-order valence-corrected chi connectivity index (χ3v) is 3.35. The lowest BCUT2D eigenvalue weighted by molar-refractivity contribution is -0.116. The van der Waals surface area contributed by atoms with Crippen molar-refractivity contribution in [3.63, 3.8) is 0 Å². The summed E-state index contributed by atoms with van der Waals surface area (Å²) in [5.74, 6) is 1.11. The van der Waals surface area contributed by atoms with Crippen molar-refractivity contribution in [1.29, 1.82) is 0 Å². The summed E-state index contributed by atoms with van der Waals surface area (Å²) in [5.41, 5.74) is 3.33. The van der Waals surface area contributed by atoms with E-state index in [1.54, 1.807) is 6.07 Å². The lowest BCUT2D eigenvalue weighted by Gasteiger charge is -2.10. The molecule has 0 saturated heterocycles. The van der Waals surface area contributed by atoms with E-state index in [0.29, 0.717) is 18.1 Å². The average molecular weight is 298 g/mol. The zero-order chi connectivity index (χ0) is 15.9. The van der Waals surface area contributed by atoms with Crippen LogP contribution in [-0.2, 0) is 4.79 Å². The summed E-state index contributed by atoms with van der Waals surface area (Å²) in [7, 11) is 0. The molecule has 0 bridgehead atoms. The summed E-state index contributed by atoms with van der Waals surface area (Å²) in [6, 6.07) is 9.76. The molecule has 0 fully saturated rings. The molecular weight excluding hydrogens is 276 g/mol. The number of unbranched alkanes of at least 4 members (excludes halogenated alkanes) is 1. The number of benzene rings is 1. The van der Waals surface area contributed by atoms with Crippen molar-refractivity contribution in [3.8, 4) is 0 Å². The fourth-order valence-electron chi connectivity index (χ4n) is 2.02. The Morgan fingerprint density at radius 2 is 1.82 bits per heavy atom. The Hall–Kier alpha value is -2.43. The Kier molecular flexibility index (Phi) is 5.47. The predicted molar refractivity (Wildman–Crippen MR) is 89.4 cm³/mol. The predicted octanol–water partition coefficient (Wildman–Crippen LogP) is 3.97. The highest BCUT2D eigenvalue weighted by molar-refractivity contribution is 5.89. The van der Waals surface area contributed by atoms with Crippen LogP contribution in [-0.4, -0.2) is 16.1 Å².